The lowest BCUT2D eigenvalue weighted by Gasteiger charge is -2.44. The summed E-state index contributed by atoms with van der Waals surface area (Å²) in [6, 6.07) is 4.55. The van der Waals surface area contributed by atoms with Gasteiger partial charge in [0.1, 0.15) is 29.5 Å². The molecular weight excluding hydrogens is 541 g/mol. The van der Waals surface area contributed by atoms with Crippen LogP contribution in [0, 0.1) is 11.8 Å². The van der Waals surface area contributed by atoms with Crippen molar-refractivity contribution in [1.29, 1.82) is 0 Å². The number of likely N-dealkylation sites (N-methyl/N-ethyl adjacent to an activating group) is 1. The molecule has 4 atom stereocenters. The number of fused-ring (bicyclic) bond motifs is 2. The Bertz CT molecular complexity index is 1520. The van der Waals surface area contributed by atoms with Gasteiger partial charge in [-0.1, -0.05) is 13.8 Å². The fraction of sp³-hybridized carbons (Fsp3) is 0.556. The molecule has 4 heterocycles. The van der Waals surface area contributed by atoms with Crippen LogP contribution >= 0.6 is 0 Å². The third-order valence-electron chi connectivity index (χ3n) is 8.47. The molecule has 11 nitrogen and oxygen atoms in total. The summed E-state index contributed by atoms with van der Waals surface area (Å²) in [5, 5.41) is 11.0. The second kappa shape index (κ2) is 10.7. The van der Waals surface area contributed by atoms with Crippen molar-refractivity contribution in [2.24, 2.45) is 11.8 Å². The van der Waals surface area contributed by atoms with Crippen molar-refractivity contribution in [2.45, 2.75) is 70.4 Å². The van der Waals surface area contributed by atoms with Crippen LogP contribution in [0.25, 0.3) is 22.2 Å². The molecule has 1 aromatic carbocycles. The molecule has 4 aromatic rings. The number of hydrogen-bond acceptors (Lipinski definition) is 9. The van der Waals surface area contributed by atoms with Gasteiger partial charge in [0.2, 0.25) is 0 Å². The lowest BCUT2D eigenvalue weighted by molar-refractivity contribution is -0.274. The van der Waals surface area contributed by atoms with Crippen LogP contribution in [0.15, 0.2) is 30.9 Å². The number of rotatable bonds is 9. The molecule has 2 aliphatic rings. The van der Waals surface area contributed by atoms with Gasteiger partial charge in [-0.05, 0) is 43.9 Å². The molecule has 1 saturated heterocycles. The summed E-state index contributed by atoms with van der Waals surface area (Å²) in [6.07, 6.45) is 0.501. The number of aliphatic hydroxyl groups excluding tert-OH is 1. The number of aromatic amines is 1. The Labute approximate surface area is 233 Å². The molecule has 2 fully saturated rings. The zero-order chi connectivity index (χ0) is 28.9. The molecule has 0 amide bonds. The number of ether oxygens (including phenoxy) is 2. The number of H-pyrrole nitrogens is 1. The van der Waals surface area contributed by atoms with E-state index in [0.29, 0.717) is 40.7 Å². The van der Waals surface area contributed by atoms with Crippen molar-refractivity contribution in [2.75, 3.05) is 18.8 Å². The largest absolute Gasteiger partial charge is 0.573 e. The Hall–Kier alpha value is -3.49. The van der Waals surface area contributed by atoms with Gasteiger partial charge in [-0.3, -0.25) is 9.47 Å². The number of nitrogens with zero attached hydrogens (tertiary/aromatic N) is 6. The van der Waals surface area contributed by atoms with E-state index in [4.69, 9.17) is 10.5 Å². The molecule has 6 rings (SSSR count). The number of aryl methyl sites for hydroxylation is 1. The van der Waals surface area contributed by atoms with Gasteiger partial charge in [-0.2, -0.15) is 0 Å². The van der Waals surface area contributed by atoms with Crippen molar-refractivity contribution in [3.63, 3.8) is 0 Å². The van der Waals surface area contributed by atoms with Gasteiger partial charge in [-0.15, -0.1) is 13.2 Å². The molecule has 0 radical (unpaired) electrons. The Kier molecular flexibility index (Phi) is 7.24. The molecule has 220 valence electrons. The number of anilines is 1. The lowest BCUT2D eigenvalue weighted by Crippen LogP contribution is -2.48. The van der Waals surface area contributed by atoms with E-state index >= 15 is 0 Å². The van der Waals surface area contributed by atoms with E-state index in [0.717, 1.165) is 38.1 Å². The van der Waals surface area contributed by atoms with E-state index in [1.54, 1.807) is 10.9 Å². The third-order valence-corrected chi connectivity index (χ3v) is 8.47. The molecule has 14 heteroatoms. The number of nitrogens with one attached hydrogen (secondary N) is 1. The zero-order valence-electron chi connectivity index (χ0n) is 22.8. The van der Waals surface area contributed by atoms with Crippen molar-refractivity contribution in [1.82, 2.24) is 34.4 Å². The maximum atomic E-state index is 12.5. The number of nitrogens with two attached hydrogens (primary N) is 1. The molecular formula is C27H33F3N8O3. The lowest BCUT2D eigenvalue weighted by atomic mass is 9.76. The van der Waals surface area contributed by atoms with Crippen molar-refractivity contribution in [3.8, 4) is 5.75 Å². The molecule has 0 unspecified atom stereocenters. The van der Waals surface area contributed by atoms with Gasteiger partial charge in [0.05, 0.1) is 23.5 Å². The minimum absolute atomic E-state index is 0.0864. The van der Waals surface area contributed by atoms with E-state index in [1.807, 2.05) is 6.92 Å². The van der Waals surface area contributed by atoms with Crippen LogP contribution in [0.5, 0.6) is 5.75 Å². The first-order valence-corrected chi connectivity index (χ1v) is 13.8. The Morgan fingerprint density at radius 1 is 1.24 bits per heavy atom. The highest BCUT2D eigenvalue weighted by atomic mass is 19.4. The van der Waals surface area contributed by atoms with Crippen LogP contribution in [0.3, 0.4) is 0 Å². The SMILES string of the molecule is CCN(C[C@H]1O[C@@H](n2cnc3c(N)ncnc32)[C@H](O)[C@@H]1C)C1CC(CCc2nc3ccc(OC(F)(F)F)cc3[nH]2)C1. The van der Waals surface area contributed by atoms with E-state index in [9.17, 15) is 18.3 Å². The van der Waals surface area contributed by atoms with Gasteiger partial charge >= 0.3 is 6.36 Å². The second-order valence-electron chi connectivity index (χ2n) is 11.0. The first-order chi connectivity index (χ1) is 19.6. The summed E-state index contributed by atoms with van der Waals surface area (Å²) in [7, 11) is 0. The summed E-state index contributed by atoms with van der Waals surface area (Å²) in [4.78, 5) is 22.6. The second-order valence-corrected chi connectivity index (χ2v) is 11.0. The average Bonchev–Trinajstić information content (AvgIpc) is 3.58. The minimum atomic E-state index is -4.73. The van der Waals surface area contributed by atoms with Crippen LogP contribution in [0.1, 0.15) is 45.2 Å². The van der Waals surface area contributed by atoms with Crippen LogP contribution in [0.2, 0.25) is 0 Å². The molecule has 1 aliphatic carbocycles. The fourth-order valence-corrected chi connectivity index (χ4v) is 6.06. The average molecular weight is 575 g/mol. The van der Waals surface area contributed by atoms with Crippen LogP contribution in [-0.4, -0.2) is 77.2 Å². The van der Waals surface area contributed by atoms with Gasteiger partial charge in [-0.25, -0.2) is 19.9 Å². The molecule has 1 saturated carbocycles. The van der Waals surface area contributed by atoms with Gasteiger partial charge < -0.3 is 25.3 Å². The molecule has 3 aromatic heterocycles. The number of alkyl halides is 3. The van der Waals surface area contributed by atoms with Gasteiger partial charge in [0.15, 0.2) is 17.7 Å². The van der Waals surface area contributed by atoms with E-state index in [-0.39, 0.29) is 23.6 Å². The van der Waals surface area contributed by atoms with E-state index < -0.39 is 18.7 Å². The van der Waals surface area contributed by atoms with Gasteiger partial charge in [0, 0.05) is 31.0 Å². The summed E-state index contributed by atoms with van der Waals surface area (Å²) in [5.74, 6) is 1.23. The quantitative estimate of drug-likeness (QED) is 0.272. The van der Waals surface area contributed by atoms with Crippen molar-refractivity contribution >= 4 is 28.0 Å². The monoisotopic (exact) mass is 574 g/mol. The zero-order valence-corrected chi connectivity index (χ0v) is 22.8. The number of hydrogen-bond donors (Lipinski definition) is 3. The van der Waals surface area contributed by atoms with Crippen molar-refractivity contribution in [3.05, 3.63) is 36.7 Å². The van der Waals surface area contributed by atoms with Crippen LogP contribution in [-0.2, 0) is 11.2 Å². The minimum Gasteiger partial charge on any atom is -0.406 e. The maximum absolute atomic E-state index is 12.5. The number of aliphatic hydroxyl groups is 1. The smallest absolute Gasteiger partial charge is 0.406 e. The Morgan fingerprint density at radius 3 is 2.80 bits per heavy atom. The summed E-state index contributed by atoms with van der Waals surface area (Å²) >= 11 is 0. The highest BCUT2D eigenvalue weighted by Crippen LogP contribution is 2.39. The highest BCUT2D eigenvalue weighted by Gasteiger charge is 2.44. The number of imidazole rings is 2. The first kappa shape index (κ1) is 27.7. The van der Waals surface area contributed by atoms with Crippen LogP contribution < -0.4 is 10.5 Å². The molecule has 0 bridgehead atoms. The summed E-state index contributed by atoms with van der Waals surface area (Å²) in [6.45, 7) is 5.71. The standard InChI is InChI=1S/C27H33F3N8O3/c1-3-37(11-20-14(2)23(39)26(40-20)38-13-34-22-24(31)32-12-33-25(22)38)16-8-15(9-16)4-7-21-35-18-6-5-17(10-19(18)36-21)41-27(28,29)30/h5-6,10,12-16,20,23,26,39H,3-4,7-9,11H2,1-2H3,(H,35,36)(H2,31,32,33)/t14-,15?,16?,20-,23-,26-/m1/s1. The molecule has 4 N–H and O–H groups in total. The number of aromatic nitrogens is 6. The van der Waals surface area contributed by atoms with Gasteiger partial charge in [0.25, 0.3) is 0 Å². The number of nitrogen functional groups attached to an aromatic ring is 1. The Morgan fingerprint density at radius 2 is 2.05 bits per heavy atom. The molecule has 0 spiro atoms. The highest BCUT2D eigenvalue weighted by molar-refractivity contribution is 5.81. The fourth-order valence-electron chi connectivity index (χ4n) is 6.06. The van der Waals surface area contributed by atoms with Crippen LogP contribution in [0.4, 0.5) is 19.0 Å². The first-order valence-electron chi connectivity index (χ1n) is 13.8. The summed E-state index contributed by atoms with van der Waals surface area (Å²) < 4.78 is 49.7. The van der Waals surface area contributed by atoms with Crippen molar-refractivity contribution < 1.29 is 27.8 Å². The summed E-state index contributed by atoms with van der Waals surface area (Å²) in [5.41, 5.74) is 8.08. The molecule has 1 aliphatic heterocycles. The number of halogens is 3. The van der Waals surface area contributed by atoms with E-state index in [1.165, 1.54) is 24.5 Å². The number of benzene rings is 1. The molecule has 41 heavy (non-hydrogen) atoms. The normalized spacial score (nSPS) is 26.7. The topological polar surface area (TPSA) is 140 Å². The maximum Gasteiger partial charge on any atom is 0.573 e. The third kappa shape index (κ3) is 5.55. The predicted molar refractivity (Wildman–Crippen MR) is 144 cm³/mol. The predicted octanol–water partition coefficient (Wildman–Crippen LogP) is 3.81. The Balaban J connectivity index is 1.02. The van der Waals surface area contributed by atoms with E-state index in [2.05, 4.69) is 41.5 Å².